The lowest BCUT2D eigenvalue weighted by Crippen LogP contribution is -2.30. The first-order chi connectivity index (χ1) is 34.5. The Bertz CT molecular complexity index is 1400. The summed E-state index contributed by atoms with van der Waals surface area (Å²) in [5, 5.41) is 0. The van der Waals surface area contributed by atoms with Crippen LogP contribution in [0.2, 0.25) is 0 Å². The predicted octanol–water partition coefficient (Wildman–Crippen LogP) is 19.7. The largest absolute Gasteiger partial charge is 0.462 e. The molecule has 0 saturated carbocycles. The molecule has 0 aromatic rings. The van der Waals surface area contributed by atoms with Crippen LogP contribution >= 0.6 is 0 Å². The van der Waals surface area contributed by atoms with Crippen molar-refractivity contribution in [3.63, 3.8) is 0 Å². The fourth-order valence-electron chi connectivity index (χ4n) is 8.05. The van der Waals surface area contributed by atoms with E-state index in [9.17, 15) is 14.4 Å². The highest BCUT2D eigenvalue weighted by atomic mass is 16.6. The Morgan fingerprint density at radius 2 is 0.629 bits per heavy atom. The quantitative estimate of drug-likeness (QED) is 0.0199. The molecule has 0 heterocycles. The number of hydrogen-bond acceptors (Lipinski definition) is 6. The van der Waals surface area contributed by atoms with Crippen molar-refractivity contribution in [1.82, 2.24) is 0 Å². The van der Waals surface area contributed by atoms with Gasteiger partial charge in [0.1, 0.15) is 13.2 Å². The molecule has 70 heavy (non-hydrogen) atoms. The molecule has 0 aromatic carbocycles. The Balaban J connectivity index is 4.43. The first-order valence-corrected chi connectivity index (χ1v) is 29.3. The molecule has 6 heteroatoms. The van der Waals surface area contributed by atoms with Crippen molar-refractivity contribution in [2.45, 2.75) is 277 Å². The predicted molar refractivity (Wildman–Crippen MR) is 302 cm³/mol. The molecule has 0 aliphatic carbocycles. The molecule has 1 unspecified atom stereocenters. The number of hydrogen-bond donors (Lipinski definition) is 0. The second-order valence-corrected chi connectivity index (χ2v) is 19.2. The average Bonchev–Trinajstić information content (AvgIpc) is 3.36. The van der Waals surface area contributed by atoms with Gasteiger partial charge in [-0.15, -0.1) is 0 Å². The van der Waals surface area contributed by atoms with Crippen LogP contribution in [0.3, 0.4) is 0 Å². The first kappa shape index (κ1) is 66.3. The van der Waals surface area contributed by atoms with Crippen LogP contribution in [0.5, 0.6) is 0 Å². The molecule has 400 valence electrons. The van der Waals surface area contributed by atoms with E-state index in [2.05, 4.69) is 99.8 Å². The Labute approximate surface area is 432 Å². The van der Waals surface area contributed by atoms with E-state index < -0.39 is 6.10 Å². The molecular weight excluding hydrogens is 865 g/mol. The average molecular weight is 974 g/mol. The number of carbonyl (C=O) groups excluding carboxylic acids is 3. The molecule has 0 aromatic heterocycles. The van der Waals surface area contributed by atoms with Crippen molar-refractivity contribution in [1.29, 1.82) is 0 Å². The molecular formula is C64H108O6. The van der Waals surface area contributed by atoms with E-state index in [0.29, 0.717) is 19.3 Å². The second kappa shape index (κ2) is 57.9. The van der Waals surface area contributed by atoms with Crippen molar-refractivity contribution in [3.8, 4) is 0 Å². The maximum absolute atomic E-state index is 12.9. The van der Waals surface area contributed by atoms with Gasteiger partial charge in [-0.1, -0.05) is 253 Å². The Hall–Kier alpha value is -3.67. The summed E-state index contributed by atoms with van der Waals surface area (Å²) in [7, 11) is 0. The summed E-state index contributed by atoms with van der Waals surface area (Å²) < 4.78 is 16.9. The highest BCUT2D eigenvalue weighted by Crippen LogP contribution is 2.15. The van der Waals surface area contributed by atoms with Crippen molar-refractivity contribution in [3.05, 3.63) is 97.2 Å². The fourth-order valence-corrected chi connectivity index (χ4v) is 8.05. The molecule has 0 radical (unpaired) electrons. The van der Waals surface area contributed by atoms with Gasteiger partial charge in [-0.05, 0) is 96.3 Å². The minimum absolute atomic E-state index is 0.0917. The third-order valence-corrected chi connectivity index (χ3v) is 12.4. The lowest BCUT2D eigenvalue weighted by atomic mass is 10.1. The highest BCUT2D eigenvalue weighted by molar-refractivity contribution is 5.71. The van der Waals surface area contributed by atoms with Crippen molar-refractivity contribution < 1.29 is 28.6 Å². The normalized spacial score (nSPS) is 12.8. The zero-order valence-corrected chi connectivity index (χ0v) is 45.8. The molecule has 0 aliphatic rings. The van der Waals surface area contributed by atoms with Crippen LogP contribution in [0.15, 0.2) is 97.2 Å². The van der Waals surface area contributed by atoms with Gasteiger partial charge in [-0.25, -0.2) is 0 Å². The van der Waals surface area contributed by atoms with Gasteiger partial charge in [0, 0.05) is 19.3 Å². The van der Waals surface area contributed by atoms with Gasteiger partial charge in [0.05, 0.1) is 0 Å². The second-order valence-electron chi connectivity index (χ2n) is 19.2. The molecule has 1 atom stereocenters. The van der Waals surface area contributed by atoms with Crippen LogP contribution in [0.4, 0.5) is 0 Å². The van der Waals surface area contributed by atoms with Crippen LogP contribution < -0.4 is 0 Å². The zero-order valence-electron chi connectivity index (χ0n) is 45.8. The first-order valence-electron chi connectivity index (χ1n) is 29.3. The van der Waals surface area contributed by atoms with Gasteiger partial charge in [-0.3, -0.25) is 14.4 Å². The molecule has 0 amide bonds. The summed E-state index contributed by atoms with van der Waals surface area (Å²) in [5.41, 5.74) is 0. The van der Waals surface area contributed by atoms with Crippen molar-refractivity contribution >= 4 is 17.9 Å². The van der Waals surface area contributed by atoms with Gasteiger partial charge in [0.2, 0.25) is 0 Å². The molecule has 0 rings (SSSR count). The smallest absolute Gasteiger partial charge is 0.306 e. The van der Waals surface area contributed by atoms with Crippen LogP contribution in [0, 0.1) is 0 Å². The SMILES string of the molecule is CC\C=C/C=C\C=C/C=C\CCCCCCCC(=O)OCC(COC(=O)CCCCCCCCCCC/C=C\C/C=C\C/C=C\CC)OC(=O)CCCCCCC/C=C\CCCCCCCCCCC. The molecule has 0 N–H and O–H groups in total. The Kier molecular flexibility index (Phi) is 54.9. The molecule has 6 nitrogen and oxygen atoms in total. The number of carbonyl (C=O) groups is 3. The van der Waals surface area contributed by atoms with E-state index in [4.69, 9.17) is 14.2 Å². The number of rotatable bonds is 52. The van der Waals surface area contributed by atoms with E-state index in [1.54, 1.807) is 0 Å². The van der Waals surface area contributed by atoms with Gasteiger partial charge in [0.15, 0.2) is 6.10 Å². The Morgan fingerprint density at radius 3 is 1.06 bits per heavy atom. The van der Waals surface area contributed by atoms with Crippen LogP contribution in [-0.4, -0.2) is 37.2 Å². The Morgan fingerprint density at radius 1 is 0.314 bits per heavy atom. The summed E-state index contributed by atoms with van der Waals surface area (Å²) in [6.45, 7) is 6.38. The topological polar surface area (TPSA) is 78.9 Å². The minimum atomic E-state index is -0.796. The molecule has 0 spiro atoms. The standard InChI is InChI=1S/C64H108O6/c1-4-7-10-13-16-19-22-25-28-30-32-34-36-39-42-45-48-51-54-57-63(66)69-60-61(59-68-62(65)56-53-50-47-44-41-38-35-27-24-21-18-15-12-9-6-3)70-64(67)58-55-52-49-46-43-40-37-33-31-29-26-23-20-17-14-11-8-5-2/h7,9-10,12,15-16,18-19,21,24-25,27-28,33,35,37,61H,4-6,8,11,13-14,17,20,22-23,26,29-32,34,36,38-60H2,1-3H3/b10-7-,12-9-,18-15-,19-16-,24-21-,28-25-,35-27-,37-33-. The number of allylic oxidation sites excluding steroid dienone is 16. The highest BCUT2D eigenvalue weighted by Gasteiger charge is 2.19. The summed E-state index contributed by atoms with van der Waals surface area (Å²) in [6, 6.07) is 0. The fraction of sp³-hybridized carbons (Fsp3) is 0.703. The molecule has 0 aliphatic heterocycles. The molecule has 0 fully saturated rings. The van der Waals surface area contributed by atoms with Crippen LogP contribution in [0.25, 0.3) is 0 Å². The van der Waals surface area contributed by atoms with Crippen molar-refractivity contribution in [2.24, 2.45) is 0 Å². The van der Waals surface area contributed by atoms with E-state index in [1.807, 2.05) is 18.2 Å². The minimum Gasteiger partial charge on any atom is -0.462 e. The van der Waals surface area contributed by atoms with E-state index in [1.165, 1.54) is 116 Å². The summed E-state index contributed by atoms with van der Waals surface area (Å²) in [4.78, 5) is 38.2. The monoisotopic (exact) mass is 973 g/mol. The maximum atomic E-state index is 12.9. The third kappa shape index (κ3) is 55.3. The third-order valence-electron chi connectivity index (χ3n) is 12.4. The van der Waals surface area contributed by atoms with Gasteiger partial charge in [0.25, 0.3) is 0 Å². The summed E-state index contributed by atoms with van der Waals surface area (Å²) >= 11 is 0. The summed E-state index contributed by atoms with van der Waals surface area (Å²) in [5.74, 6) is -0.924. The van der Waals surface area contributed by atoms with E-state index in [0.717, 1.165) is 116 Å². The van der Waals surface area contributed by atoms with E-state index >= 15 is 0 Å². The number of unbranched alkanes of at least 4 members (excludes halogenated alkanes) is 28. The summed E-state index contributed by atoms with van der Waals surface area (Å²) in [6.07, 6.45) is 76.8. The van der Waals surface area contributed by atoms with Crippen molar-refractivity contribution in [2.75, 3.05) is 13.2 Å². The van der Waals surface area contributed by atoms with E-state index in [-0.39, 0.29) is 31.1 Å². The van der Waals surface area contributed by atoms with Gasteiger partial charge < -0.3 is 14.2 Å². The maximum Gasteiger partial charge on any atom is 0.306 e. The van der Waals surface area contributed by atoms with Crippen LogP contribution in [0.1, 0.15) is 271 Å². The number of esters is 3. The lowest BCUT2D eigenvalue weighted by Gasteiger charge is -2.18. The lowest BCUT2D eigenvalue weighted by molar-refractivity contribution is -0.167. The zero-order chi connectivity index (χ0) is 50.7. The van der Waals surface area contributed by atoms with Gasteiger partial charge >= 0.3 is 17.9 Å². The molecule has 0 saturated heterocycles. The van der Waals surface area contributed by atoms with Crippen LogP contribution in [-0.2, 0) is 28.6 Å². The molecule has 0 bridgehead atoms. The van der Waals surface area contributed by atoms with Gasteiger partial charge in [-0.2, -0.15) is 0 Å². The number of ether oxygens (including phenoxy) is 3.